The minimum atomic E-state index is -0.213. The number of thioether (sulfide) groups is 1. The molecule has 1 saturated heterocycles. The van der Waals surface area contributed by atoms with E-state index in [-0.39, 0.29) is 12.2 Å². The summed E-state index contributed by atoms with van der Waals surface area (Å²) in [6.45, 7) is 1.55. The summed E-state index contributed by atoms with van der Waals surface area (Å²) >= 11 is 3.32. The first-order valence-corrected chi connectivity index (χ1v) is 12.1. The second-order valence-corrected chi connectivity index (χ2v) is 9.51. The number of pyridine rings is 1. The molecule has 1 fully saturated rings. The summed E-state index contributed by atoms with van der Waals surface area (Å²) in [5, 5.41) is 7.07. The summed E-state index contributed by atoms with van der Waals surface area (Å²) in [5.41, 5.74) is 2.13. The monoisotopic (exact) mass is 467 g/mol. The van der Waals surface area contributed by atoms with Gasteiger partial charge in [-0.25, -0.2) is 14.6 Å². The third-order valence-electron chi connectivity index (χ3n) is 4.85. The second kappa shape index (κ2) is 9.78. The van der Waals surface area contributed by atoms with Crippen LogP contribution in [-0.2, 0) is 9.47 Å². The lowest BCUT2D eigenvalue weighted by Crippen LogP contribution is -2.25. The van der Waals surface area contributed by atoms with Gasteiger partial charge in [-0.2, -0.15) is 5.10 Å². The van der Waals surface area contributed by atoms with E-state index in [1.165, 1.54) is 0 Å². The summed E-state index contributed by atoms with van der Waals surface area (Å²) < 4.78 is 14.8. The number of rotatable bonds is 7. The van der Waals surface area contributed by atoms with Gasteiger partial charge in [-0.3, -0.25) is 4.79 Å². The van der Waals surface area contributed by atoms with Gasteiger partial charge >= 0.3 is 0 Å². The van der Waals surface area contributed by atoms with E-state index >= 15 is 0 Å². The van der Waals surface area contributed by atoms with Gasteiger partial charge in [-0.15, -0.1) is 11.3 Å². The molecule has 1 aliphatic rings. The molecule has 32 heavy (non-hydrogen) atoms. The van der Waals surface area contributed by atoms with E-state index in [9.17, 15) is 4.79 Å². The van der Waals surface area contributed by atoms with E-state index in [2.05, 4.69) is 20.4 Å². The van der Waals surface area contributed by atoms with Crippen molar-refractivity contribution in [3.05, 3.63) is 60.6 Å². The number of hydrogen-bond donors (Lipinski definition) is 1. The van der Waals surface area contributed by atoms with E-state index < -0.39 is 0 Å². The molecule has 1 aliphatic heterocycles. The molecule has 164 valence electrons. The first-order chi connectivity index (χ1) is 15.7. The lowest BCUT2D eigenvalue weighted by atomic mass is 10.2. The summed E-state index contributed by atoms with van der Waals surface area (Å²) in [6, 6.07) is 11.1. The van der Waals surface area contributed by atoms with Gasteiger partial charge in [-0.1, -0.05) is 11.8 Å². The van der Waals surface area contributed by atoms with Crippen LogP contribution in [0.3, 0.4) is 0 Å². The normalized spacial score (nSPS) is 14.6. The number of thiazole rings is 1. The van der Waals surface area contributed by atoms with Crippen molar-refractivity contribution in [1.82, 2.24) is 19.7 Å². The Morgan fingerprint density at radius 1 is 1.25 bits per heavy atom. The van der Waals surface area contributed by atoms with Crippen molar-refractivity contribution in [1.29, 1.82) is 0 Å². The number of aromatic nitrogens is 4. The number of carbonyl (C=O) groups is 1. The predicted octanol–water partition coefficient (Wildman–Crippen LogP) is 4.37. The average Bonchev–Trinajstić information content (AvgIpc) is 3.50. The minimum absolute atomic E-state index is 0.101. The number of nitrogens with zero attached hydrogens (tertiary/aromatic N) is 4. The summed E-state index contributed by atoms with van der Waals surface area (Å²) in [6.07, 6.45) is 6.74. The maximum absolute atomic E-state index is 12.6. The molecule has 0 radical (unpaired) electrons. The molecule has 0 saturated carbocycles. The van der Waals surface area contributed by atoms with Gasteiger partial charge in [0.05, 0.1) is 29.0 Å². The first kappa shape index (κ1) is 21.1. The molecule has 0 atom stereocenters. The van der Waals surface area contributed by atoms with E-state index in [1.54, 1.807) is 58.5 Å². The lowest BCUT2D eigenvalue weighted by molar-refractivity contribution is -0.178. The van der Waals surface area contributed by atoms with Crippen molar-refractivity contribution in [2.45, 2.75) is 23.5 Å². The van der Waals surface area contributed by atoms with Gasteiger partial charge in [0.1, 0.15) is 0 Å². The molecule has 5 rings (SSSR count). The van der Waals surface area contributed by atoms with Crippen LogP contribution >= 0.6 is 23.1 Å². The molecule has 0 bridgehead atoms. The van der Waals surface area contributed by atoms with Gasteiger partial charge in [-0.05, 0) is 42.8 Å². The fourth-order valence-corrected chi connectivity index (χ4v) is 5.39. The highest BCUT2D eigenvalue weighted by atomic mass is 32.2. The third-order valence-corrected chi connectivity index (χ3v) is 7.05. The number of fused-ring (bicyclic) bond motifs is 1. The Labute approximate surface area is 193 Å². The van der Waals surface area contributed by atoms with Crippen LogP contribution in [0.5, 0.6) is 0 Å². The third kappa shape index (κ3) is 4.99. The van der Waals surface area contributed by atoms with E-state index in [1.807, 2.05) is 24.3 Å². The maximum Gasteiger partial charge on any atom is 0.257 e. The zero-order valence-electron chi connectivity index (χ0n) is 17.1. The van der Waals surface area contributed by atoms with Crippen LogP contribution in [-0.4, -0.2) is 50.9 Å². The van der Waals surface area contributed by atoms with Crippen molar-refractivity contribution in [2.24, 2.45) is 0 Å². The molecule has 4 heterocycles. The van der Waals surface area contributed by atoms with Crippen LogP contribution in [0.25, 0.3) is 16.0 Å². The topological polar surface area (TPSA) is 91.2 Å². The number of hydrogen-bond acceptors (Lipinski definition) is 8. The van der Waals surface area contributed by atoms with E-state index in [4.69, 9.17) is 9.47 Å². The van der Waals surface area contributed by atoms with Gasteiger partial charge in [0.15, 0.2) is 16.4 Å². The Balaban J connectivity index is 1.20. The average molecular weight is 468 g/mol. The van der Waals surface area contributed by atoms with Crippen LogP contribution in [0.1, 0.15) is 23.2 Å². The maximum atomic E-state index is 12.6. The number of amides is 1. The molecular weight excluding hydrogens is 446 g/mol. The largest absolute Gasteiger partial charge is 0.353 e. The Morgan fingerprint density at radius 2 is 2.16 bits per heavy atom. The number of carbonyl (C=O) groups excluding carboxylic acids is 1. The van der Waals surface area contributed by atoms with Crippen molar-refractivity contribution >= 4 is 44.9 Å². The Bertz CT molecular complexity index is 1190. The molecule has 4 aromatic rings. The molecule has 1 N–H and O–H groups in total. The van der Waals surface area contributed by atoms with Gasteiger partial charge in [0.25, 0.3) is 5.91 Å². The lowest BCUT2D eigenvalue weighted by Gasteiger charge is -2.22. The fraction of sp³-hybridized carbons (Fsp3) is 0.273. The van der Waals surface area contributed by atoms with Crippen molar-refractivity contribution in [3.8, 4) is 5.82 Å². The van der Waals surface area contributed by atoms with Gasteiger partial charge in [0.2, 0.25) is 0 Å². The van der Waals surface area contributed by atoms with E-state index in [0.29, 0.717) is 11.4 Å². The van der Waals surface area contributed by atoms with Crippen LogP contribution < -0.4 is 5.32 Å². The van der Waals surface area contributed by atoms with Gasteiger partial charge in [0, 0.05) is 36.5 Å². The van der Waals surface area contributed by atoms with Crippen LogP contribution in [0.2, 0.25) is 0 Å². The number of benzene rings is 1. The predicted molar refractivity (Wildman–Crippen MR) is 125 cm³/mol. The number of nitrogens with one attached hydrogen (secondary N) is 1. The summed E-state index contributed by atoms with van der Waals surface area (Å²) in [4.78, 5) is 21.6. The van der Waals surface area contributed by atoms with Crippen molar-refractivity contribution in [2.75, 3.05) is 24.3 Å². The standard InChI is InChI=1S/C22H21N5O3S2/c28-21(15-3-6-19(23-14-15)27-9-1-8-24-27)25-16-4-5-17-18(13-16)32-22(26-17)31-12-7-20-29-10-2-11-30-20/h1,3-6,8-9,13-14,20H,2,7,10-12H2,(H,25,28). The molecule has 1 amide bonds. The Kier molecular flexibility index (Phi) is 6.44. The van der Waals surface area contributed by atoms with Crippen LogP contribution in [0, 0.1) is 0 Å². The summed E-state index contributed by atoms with van der Waals surface area (Å²) in [7, 11) is 0. The molecule has 3 aromatic heterocycles. The van der Waals surface area contributed by atoms with Crippen LogP contribution in [0.4, 0.5) is 5.69 Å². The molecular formula is C22H21N5O3S2. The zero-order chi connectivity index (χ0) is 21.8. The quantitative estimate of drug-likeness (QED) is 0.404. The molecule has 1 aromatic carbocycles. The molecule has 10 heteroatoms. The SMILES string of the molecule is O=C(Nc1ccc2nc(SCCC3OCCCO3)sc2c1)c1ccc(-n2cccn2)nc1. The Morgan fingerprint density at radius 3 is 2.94 bits per heavy atom. The number of anilines is 1. The van der Waals surface area contributed by atoms with Crippen molar-refractivity contribution < 1.29 is 14.3 Å². The number of ether oxygens (including phenoxy) is 2. The molecule has 0 unspecified atom stereocenters. The smallest absolute Gasteiger partial charge is 0.257 e. The Hall–Kier alpha value is -2.79. The van der Waals surface area contributed by atoms with E-state index in [0.717, 1.165) is 52.1 Å². The summed E-state index contributed by atoms with van der Waals surface area (Å²) in [5.74, 6) is 1.33. The first-order valence-electron chi connectivity index (χ1n) is 10.3. The second-order valence-electron chi connectivity index (χ2n) is 7.13. The fourth-order valence-electron chi connectivity index (χ4n) is 3.25. The van der Waals surface area contributed by atoms with Crippen molar-refractivity contribution in [3.63, 3.8) is 0 Å². The van der Waals surface area contributed by atoms with Gasteiger partial charge < -0.3 is 14.8 Å². The highest BCUT2D eigenvalue weighted by Gasteiger charge is 2.15. The molecule has 8 nitrogen and oxygen atoms in total. The molecule has 0 spiro atoms. The highest BCUT2D eigenvalue weighted by Crippen LogP contribution is 2.32. The van der Waals surface area contributed by atoms with Crippen LogP contribution in [0.15, 0.2) is 59.3 Å². The zero-order valence-corrected chi connectivity index (χ0v) is 18.8. The minimum Gasteiger partial charge on any atom is -0.353 e. The molecule has 0 aliphatic carbocycles. The highest BCUT2D eigenvalue weighted by molar-refractivity contribution is 8.01.